The summed E-state index contributed by atoms with van der Waals surface area (Å²) < 4.78 is 7.24. The molecule has 0 spiro atoms. The SMILES string of the molecule is CCCn1cc(Oc2cc([N+](=O)[O-])cc(NC)n2)cn1. The number of hydrogen-bond acceptors (Lipinski definition) is 6. The van der Waals surface area contributed by atoms with Crippen LogP contribution in [0.1, 0.15) is 13.3 Å². The number of nitrogens with one attached hydrogen (secondary N) is 1. The maximum atomic E-state index is 10.8. The van der Waals surface area contributed by atoms with E-state index in [1.807, 2.05) is 6.92 Å². The zero-order chi connectivity index (χ0) is 14.5. The molecule has 0 saturated carbocycles. The van der Waals surface area contributed by atoms with E-state index in [1.165, 1.54) is 12.1 Å². The van der Waals surface area contributed by atoms with Gasteiger partial charge in [0, 0.05) is 13.6 Å². The van der Waals surface area contributed by atoms with Crippen molar-refractivity contribution < 1.29 is 9.66 Å². The van der Waals surface area contributed by atoms with Gasteiger partial charge in [-0.2, -0.15) is 10.1 Å². The molecule has 2 aromatic rings. The minimum Gasteiger partial charge on any atom is -0.435 e. The molecule has 0 aliphatic carbocycles. The van der Waals surface area contributed by atoms with E-state index in [4.69, 9.17) is 4.74 Å². The molecule has 0 fully saturated rings. The molecule has 0 aliphatic rings. The molecule has 8 heteroatoms. The lowest BCUT2D eigenvalue weighted by atomic mass is 10.4. The number of aromatic nitrogens is 3. The van der Waals surface area contributed by atoms with E-state index in [0.29, 0.717) is 11.6 Å². The monoisotopic (exact) mass is 277 g/mol. The Morgan fingerprint density at radius 3 is 2.95 bits per heavy atom. The standard InChI is InChI=1S/C12H15N5O3/c1-3-4-16-8-10(7-14-16)20-12-6-9(17(18)19)5-11(13-2)15-12/h5-8H,3-4H2,1-2H3,(H,13,15). The van der Waals surface area contributed by atoms with Crippen LogP contribution in [0.4, 0.5) is 11.5 Å². The minimum absolute atomic E-state index is 0.0831. The number of pyridine rings is 1. The summed E-state index contributed by atoms with van der Waals surface area (Å²) in [6, 6.07) is 2.62. The van der Waals surface area contributed by atoms with E-state index < -0.39 is 4.92 Å². The van der Waals surface area contributed by atoms with Crippen LogP contribution in [0.25, 0.3) is 0 Å². The molecule has 0 aromatic carbocycles. The lowest BCUT2D eigenvalue weighted by molar-refractivity contribution is -0.384. The molecule has 0 radical (unpaired) electrons. The van der Waals surface area contributed by atoms with Crippen molar-refractivity contribution in [2.45, 2.75) is 19.9 Å². The zero-order valence-corrected chi connectivity index (χ0v) is 11.2. The Kier molecular flexibility index (Phi) is 4.14. The summed E-state index contributed by atoms with van der Waals surface area (Å²) in [5.41, 5.74) is -0.0831. The number of anilines is 1. The number of ether oxygens (including phenoxy) is 1. The van der Waals surface area contributed by atoms with Crippen LogP contribution in [0.2, 0.25) is 0 Å². The van der Waals surface area contributed by atoms with Gasteiger partial charge in [0.2, 0.25) is 5.88 Å². The smallest absolute Gasteiger partial charge is 0.278 e. The van der Waals surface area contributed by atoms with Crippen LogP contribution in [0.15, 0.2) is 24.5 Å². The van der Waals surface area contributed by atoms with Gasteiger partial charge in [-0.3, -0.25) is 14.8 Å². The van der Waals surface area contributed by atoms with Crippen molar-refractivity contribution in [3.8, 4) is 11.6 Å². The Bertz CT molecular complexity index is 611. The van der Waals surface area contributed by atoms with Crippen molar-refractivity contribution in [2.24, 2.45) is 0 Å². The maximum Gasteiger partial charge on any atom is 0.278 e. The van der Waals surface area contributed by atoms with Gasteiger partial charge in [0.05, 0.1) is 29.4 Å². The maximum absolute atomic E-state index is 10.8. The quantitative estimate of drug-likeness (QED) is 0.643. The fraction of sp³-hybridized carbons (Fsp3) is 0.333. The van der Waals surface area contributed by atoms with Gasteiger partial charge in [-0.15, -0.1) is 0 Å². The number of aryl methyl sites for hydroxylation is 1. The molecule has 0 saturated heterocycles. The van der Waals surface area contributed by atoms with E-state index in [-0.39, 0.29) is 11.6 Å². The molecular formula is C12H15N5O3. The van der Waals surface area contributed by atoms with E-state index in [9.17, 15) is 10.1 Å². The van der Waals surface area contributed by atoms with Gasteiger partial charge in [0.1, 0.15) is 5.82 Å². The Labute approximate surface area is 115 Å². The summed E-state index contributed by atoms with van der Waals surface area (Å²) in [5, 5.41) is 17.7. The van der Waals surface area contributed by atoms with E-state index in [0.717, 1.165) is 13.0 Å². The third-order valence-corrected chi connectivity index (χ3v) is 2.54. The van der Waals surface area contributed by atoms with E-state index in [1.54, 1.807) is 24.1 Å². The molecular weight excluding hydrogens is 262 g/mol. The topological polar surface area (TPSA) is 95.1 Å². The molecule has 0 bridgehead atoms. The Hall–Kier alpha value is -2.64. The highest BCUT2D eigenvalue weighted by molar-refractivity contribution is 5.48. The Morgan fingerprint density at radius 2 is 2.30 bits per heavy atom. The first kappa shape index (κ1) is 13.8. The van der Waals surface area contributed by atoms with Crippen LogP contribution in [-0.2, 0) is 6.54 Å². The minimum atomic E-state index is -0.490. The molecule has 106 valence electrons. The van der Waals surface area contributed by atoms with E-state index in [2.05, 4.69) is 15.4 Å². The highest BCUT2D eigenvalue weighted by Crippen LogP contribution is 2.25. The number of rotatable bonds is 6. The summed E-state index contributed by atoms with van der Waals surface area (Å²) in [6.45, 7) is 2.83. The van der Waals surface area contributed by atoms with Crippen LogP contribution in [-0.4, -0.2) is 26.7 Å². The first-order valence-electron chi connectivity index (χ1n) is 6.17. The third kappa shape index (κ3) is 3.22. The fourth-order valence-electron chi connectivity index (χ4n) is 1.65. The normalized spacial score (nSPS) is 10.3. The largest absolute Gasteiger partial charge is 0.435 e. The molecule has 0 unspecified atom stereocenters. The van der Waals surface area contributed by atoms with Gasteiger partial charge in [-0.1, -0.05) is 6.92 Å². The van der Waals surface area contributed by atoms with Crippen molar-refractivity contribution in [1.82, 2.24) is 14.8 Å². The highest BCUT2D eigenvalue weighted by atomic mass is 16.6. The zero-order valence-electron chi connectivity index (χ0n) is 11.2. The third-order valence-electron chi connectivity index (χ3n) is 2.54. The van der Waals surface area contributed by atoms with Crippen LogP contribution in [0.5, 0.6) is 11.6 Å². The van der Waals surface area contributed by atoms with Crippen LogP contribution < -0.4 is 10.1 Å². The number of nitro groups is 1. The summed E-state index contributed by atoms with van der Waals surface area (Å²) >= 11 is 0. The number of hydrogen-bond donors (Lipinski definition) is 1. The molecule has 2 heterocycles. The van der Waals surface area contributed by atoms with Crippen LogP contribution in [0, 0.1) is 10.1 Å². The Morgan fingerprint density at radius 1 is 1.50 bits per heavy atom. The molecule has 0 aliphatic heterocycles. The Balaban J connectivity index is 2.22. The van der Waals surface area contributed by atoms with Crippen molar-refractivity contribution in [2.75, 3.05) is 12.4 Å². The first-order chi connectivity index (χ1) is 9.62. The van der Waals surface area contributed by atoms with Gasteiger partial charge >= 0.3 is 0 Å². The number of nitrogens with zero attached hydrogens (tertiary/aromatic N) is 4. The van der Waals surface area contributed by atoms with Crippen LogP contribution >= 0.6 is 0 Å². The van der Waals surface area contributed by atoms with Gasteiger partial charge < -0.3 is 10.1 Å². The van der Waals surface area contributed by atoms with Gasteiger partial charge in [-0.05, 0) is 6.42 Å². The lowest BCUT2D eigenvalue weighted by Crippen LogP contribution is -1.98. The molecule has 8 nitrogen and oxygen atoms in total. The van der Waals surface area contributed by atoms with Gasteiger partial charge in [-0.25, -0.2) is 0 Å². The summed E-state index contributed by atoms with van der Waals surface area (Å²) in [5.74, 6) is 1.02. The van der Waals surface area contributed by atoms with Crippen LogP contribution in [0.3, 0.4) is 0 Å². The molecule has 20 heavy (non-hydrogen) atoms. The van der Waals surface area contributed by atoms with Crippen molar-refractivity contribution in [3.63, 3.8) is 0 Å². The second-order valence-electron chi connectivity index (χ2n) is 4.10. The molecule has 2 rings (SSSR count). The van der Waals surface area contributed by atoms with Gasteiger partial charge in [0.25, 0.3) is 5.69 Å². The van der Waals surface area contributed by atoms with E-state index >= 15 is 0 Å². The predicted molar refractivity (Wildman–Crippen MR) is 73.0 cm³/mol. The molecule has 0 amide bonds. The summed E-state index contributed by atoms with van der Waals surface area (Å²) in [4.78, 5) is 14.5. The predicted octanol–water partition coefficient (Wildman–Crippen LogP) is 2.43. The lowest BCUT2D eigenvalue weighted by Gasteiger charge is -2.04. The molecule has 0 atom stereocenters. The molecule has 1 N–H and O–H groups in total. The van der Waals surface area contributed by atoms with Crippen molar-refractivity contribution in [1.29, 1.82) is 0 Å². The first-order valence-corrected chi connectivity index (χ1v) is 6.17. The second-order valence-corrected chi connectivity index (χ2v) is 4.10. The highest BCUT2D eigenvalue weighted by Gasteiger charge is 2.12. The average Bonchev–Trinajstić information content (AvgIpc) is 2.86. The average molecular weight is 277 g/mol. The molecule has 2 aromatic heterocycles. The second kappa shape index (κ2) is 6.00. The summed E-state index contributed by atoms with van der Waals surface area (Å²) in [7, 11) is 1.63. The summed E-state index contributed by atoms with van der Waals surface area (Å²) in [6.07, 6.45) is 4.23. The van der Waals surface area contributed by atoms with Crippen molar-refractivity contribution >= 4 is 11.5 Å². The van der Waals surface area contributed by atoms with Gasteiger partial charge in [0.15, 0.2) is 5.75 Å². The fourth-order valence-corrected chi connectivity index (χ4v) is 1.65. The van der Waals surface area contributed by atoms with Crippen molar-refractivity contribution in [3.05, 3.63) is 34.6 Å².